The normalized spacial score (nSPS) is 18.8. The Morgan fingerprint density at radius 3 is 2.93 bits per heavy atom. The van der Waals surface area contributed by atoms with Crippen molar-refractivity contribution in [3.63, 3.8) is 0 Å². The third-order valence-electron chi connectivity index (χ3n) is 2.25. The number of H-pyrrole nitrogens is 1. The number of nitrogens with zero attached hydrogens (tertiary/aromatic N) is 2. The van der Waals surface area contributed by atoms with Gasteiger partial charge in [-0.2, -0.15) is 5.10 Å². The number of hydrogen-bond donors (Lipinski definition) is 1. The molecule has 1 unspecified atom stereocenters. The zero-order valence-electron chi connectivity index (χ0n) is 7.88. The van der Waals surface area contributed by atoms with Gasteiger partial charge in [0.25, 0.3) is 0 Å². The number of fused-ring (bicyclic) bond motifs is 1. The number of hydrogen-bond acceptors (Lipinski definition) is 4. The summed E-state index contributed by atoms with van der Waals surface area (Å²) in [6.45, 7) is 0.451. The molecule has 15 heavy (non-hydrogen) atoms. The lowest BCUT2D eigenvalue weighted by Crippen LogP contribution is -2.22. The van der Waals surface area contributed by atoms with Gasteiger partial charge < -0.3 is 9.47 Å². The Hall–Kier alpha value is -2.04. The fourth-order valence-electron chi connectivity index (χ4n) is 1.52. The molecule has 1 N–H and O–H groups in total. The van der Waals surface area contributed by atoms with Crippen molar-refractivity contribution >= 4 is 0 Å². The van der Waals surface area contributed by atoms with E-state index >= 15 is 0 Å². The molecule has 5 nitrogen and oxygen atoms in total. The highest BCUT2D eigenvalue weighted by molar-refractivity contribution is 5.40. The van der Waals surface area contributed by atoms with Crippen LogP contribution in [-0.4, -0.2) is 21.8 Å². The Balaban J connectivity index is 1.89. The number of para-hydroxylation sites is 2. The van der Waals surface area contributed by atoms with E-state index in [1.165, 1.54) is 6.33 Å². The predicted octanol–water partition coefficient (Wildman–Crippen LogP) is 1.32. The van der Waals surface area contributed by atoms with E-state index in [4.69, 9.17) is 9.47 Å². The largest absolute Gasteiger partial charge is 0.485 e. The van der Waals surface area contributed by atoms with Crippen molar-refractivity contribution in [3.8, 4) is 11.5 Å². The van der Waals surface area contributed by atoms with E-state index < -0.39 is 0 Å². The maximum absolute atomic E-state index is 5.72. The van der Waals surface area contributed by atoms with Gasteiger partial charge in [0.1, 0.15) is 12.9 Å². The van der Waals surface area contributed by atoms with E-state index in [9.17, 15) is 0 Å². The maximum Gasteiger partial charge on any atom is 0.191 e. The van der Waals surface area contributed by atoms with Crippen molar-refractivity contribution in [2.45, 2.75) is 6.10 Å². The smallest absolute Gasteiger partial charge is 0.191 e. The molecule has 0 fully saturated rings. The van der Waals surface area contributed by atoms with E-state index in [1.54, 1.807) is 0 Å². The van der Waals surface area contributed by atoms with Crippen LogP contribution in [0.5, 0.6) is 11.5 Å². The van der Waals surface area contributed by atoms with Gasteiger partial charge in [0.2, 0.25) is 0 Å². The Labute approximate surface area is 86.1 Å². The Bertz CT molecular complexity index is 455. The second-order valence-electron chi connectivity index (χ2n) is 3.23. The molecule has 76 valence electrons. The summed E-state index contributed by atoms with van der Waals surface area (Å²) >= 11 is 0. The van der Waals surface area contributed by atoms with Crippen LogP contribution in [0.1, 0.15) is 11.9 Å². The molecule has 1 atom stereocenters. The minimum absolute atomic E-state index is 0.206. The zero-order chi connectivity index (χ0) is 10.1. The summed E-state index contributed by atoms with van der Waals surface area (Å²) in [5.41, 5.74) is 0. The van der Waals surface area contributed by atoms with Crippen molar-refractivity contribution in [1.29, 1.82) is 0 Å². The molecule has 5 heteroatoms. The van der Waals surface area contributed by atoms with E-state index in [1.807, 2.05) is 24.3 Å². The first kappa shape index (κ1) is 8.28. The number of aromatic amines is 1. The summed E-state index contributed by atoms with van der Waals surface area (Å²) < 4.78 is 11.3. The van der Waals surface area contributed by atoms with Crippen molar-refractivity contribution < 1.29 is 9.47 Å². The van der Waals surface area contributed by atoms with Crippen LogP contribution in [0, 0.1) is 0 Å². The van der Waals surface area contributed by atoms with Gasteiger partial charge >= 0.3 is 0 Å². The number of rotatable bonds is 1. The lowest BCUT2D eigenvalue weighted by Gasteiger charge is -2.24. The molecular weight excluding hydrogens is 194 g/mol. The van der Waals surface area contributed by atoms with E-state index in [0.717, 1.165) is 11.5 Å². The van der Waals surface area contributed by atoms with Crippen LogP contribution in [0.4, 0.5) is 0 Å². The lowest BCUT2D eigenvalue weighted by molar-refractivity contribution is 0.0853. The summed E-state index contributed by atoms with van der Waals surface area (Å²) in [5, 5.41) is 6.55. The molecular formula is C10H9N3O2. The molecule has 0 saturated carbocycles. The summed E-state index contributed by atoms with van der Waals surface area (Å²) in [6, 6.07) is 7.58. The maximum atomic E-state index is 5.72. The Morgan fingerprint density at radius 1 is 1.27 bits per heavy atom. The fraction of sp³-hybridized carbons (Fsp3) is 0.200. The average Bonchev–Trinajstić information content (AvgIpc) is 2.82. The van der Waals surface area contributed by atoms with Crippen LogP contribution in [-0.2, 0) is 0 Å². The molecule has 0 bridgehead atoms. The Kier molecular flexibility index (Phi) is 1.81. The number of ether oxygens (including phenoxy) is 2. The molecule has 1 aromatic carbocycles. The minimum Gasteiger partial charge on any atom is -0.485 e. The van der Waals surface area contributed by atoms with Gasteiger partial charge in [-0.3, -0.25) is 5.10 Å². The Morgan fingerprint density at radius 2 is 2.13 bits per heavy atom. The molecule has 3 rings (SSSR count). The monoisotopic (exact) mass is 203 g/mol. The van der Waals surface area contributed by atoms with Gasteiger partial charge in [-0.05, 0) is 12.1 Å². The lowest BCUT2D eigenvalue weighted by atomic mass is 10.2. The predicted molar refractivity (Wildman–Crippen MR) is 51.7 cm³/mol. The minimum atomic E-state index is -0.206. The van der Waals surface area contributed by atoms with Crippen molar-refractivity contribution in [1.82, 2.24) is 15.2 Å². The van der Waals surface area contributed by atoms with Crippen molar-refractivity contribution in [2.24, 2.45) is 0 Å². The summed E-state index contributed by atoms with van der Waals surface area (Å²) in [4.78, 5) is 4.04. The highest BCUT2D eigenvalue weighted by Crippen LogP contribution is 2.34. The summed E-state index contributed by atoms with van der Waals surface area (Å²) in [5.74, 6) is 2.20. The van der Waals surface area contributed by atoms with Crippen molar-refractivity contribution in [3.05, 3.63) is 36.4 Å². The fourth-order valence-corrected chi connectivity index (χ4v) is 1.52. The first-order valence-electron chi connectivity index (χ1n) is 4.67. The summed E-state index contributed by atoms with van der Waals surface area (Å²) in [6.07, 6.45) is 1.25. The molecule has 1 aliphatic rings. The molecule has 1 aromatic heterocycles. The van der Waals surface area contributed by atoms with Crippen LogP contribution in [0.3, 0.4) is 0 Å². The van der Waals surface area contributed by atoms with Gasteiger partial charge in [-0.1, -0.05) is 12.1 Å². The van der Waals surface area contributed by atoms with Gasteiger partial charge in [0, 0.05) is 0 Å². The average molecular weight is 203 g/mol. The van der Waals surface area contributed by atoms with Gasteiger partial charge in [-0.25, -0.2) is 4.98 Å². The quantitative estimate of drug-likeness (QED) is 0.759. The van der Waals surface area contributed by atoms with Gasteiger partial charge in [0.15, 0.2) is 23.4 Å². The number of aromatic nitrogens is 3. The van der Waals surface area contributed by atoms with E-state index in [2.05, 4.69) is 15.2 Å². The molecule has 0 amide bonds. The standard InChI is InChI=1S/C10H9N3O2/c1-2-4-8-7(3-1)14-5-9(15-8)10-11-6-12-13-10/h1-4,6,9H,5H2,(H,11,12,13). The highest BCUT2D eigenvalue weighted by Gasteiger charge is 2.24. The van der Waals surface area contributed by atoms with Gasteiger partial charge in [0.05, 0.1) is 0 Å². The second-order valence-corrected chi connectivity index (χ2v) is 3.23. The van der Waals surface area contributed by atoms with E-state index in [-0.39, 0.29) is 6.10 Å². The first-order chi connectivity index (χ1) is 7.43. The molecule has 0 spiro atoms. The van der Waals surface area contributed by atoms with Crippen molar-refractivity contribution in [2.75, 3.05) is 6.61 Å². The third-order valence-corrected chi connectivity index (χ3v) is 2.25. The first-order valence-corrected chi connectivity index (χ1v) is 4.67. The second kappa shape index (κ2) is 3.27. The third kappa shape index (κ3) is 1.41. The topological polar surface area (TPSA) is 60.0 Å². The molecule has 2 heterocycles. The number of nitrogens with one attached hydrogen (secondary N) is 1. The zero-order valence-corrected chi connectivity index (χ0v) is 7.88. The molecule has 0 saturated heterocycles. The summed E-state index contributed by atoms with van der Waals surface area (Å²) in [7, 11) is 0. The van der Waals surface area contributed by atoms with Gasteiger partial charge in [-0.15, -0.1) is 0 Å². The highest BCUT2D eigenvalue weighted by atomic mass is 16.6. The van der Waals surface area contributed by atoms with Crippen LogP contribution in [0.15, 0.2) is 30.6 Å². The molecule has 2 aromatic rings. The molecule has 0 aliphatic carbocycles. The molecule has 0 radical (unpaired) electrons. The van der Waals surface area contributed by atoms with Crippen LogP contribution >= 0.6 is 0 Å². The number of benzene rings is 1. The van der Waals surface area contributed by atoms with Crippen LogP contribution < -0.4 is 9.47 Å². The molecule has 1 aliphatic heterocycles. The SMILES string of the molecule is c1ccc2c(c1)OCC(c1ncn[nH]1)O2. The van der Waals surface area contributed by atoms with Crippen LogP contribution in [0.2, 0.25) is 0 Å². The van der Waals surface area contributed by atoms with Crippen LogP contribution in [0.25, 0.3) is 0 Å². The van der Waals surface area contributed by atoms with E-state index in [0.29, 0.717) is 12.4 Å².